The summed E-state index contributed by atoms with van der Waals surface area (Å²) in [6.07, 6.45) is 3.16. The van der Waals surface area contributed by atoms with Crippen molar-refractivity contribution < 1.29 is 4.74 Å². The number of rotatable bonds is 3. The lowest BCUT2D eigenvalue weighted by Gasteiger charge is -2.05. The molecule has 0 amide bonds. The number of anilines is 1. The maximum absolute atomic E-state index is 10.6. The van der Waals surface area contributed by atoms with Crippen LogP contribution in [0.1, 0.15) is 0 Å². The minimum absolute atomic E-state index is 0.205. The fourth-order valence-electron chi connectivity index (χ4n) is 1.43. The molecule has 0 aliphatic heterocycles. The molecule has 0 fully saturated rings. The predicted molar refractivity (Wildman–Crippen MR) is 63.9 cm³/mol. The summed E-state index contributed by atoms with van der Waals surface area (Å²) in [4.78, 5) is 18.4. The lowest BCUT2D eigenvalue weighted by molar-refractivity contribution is 0.416. The van der Waals surface area contributed by atoms with Gasteiger partial charge in [0.1, 0.15) is 11.4 Å². The molecule has 0 spiro atoms. The third-order valence-electron chi connectivity index (χ3n) is 2.28. The van der Waals surface area contributed by atoms with E-state index < -0.39 is 0 Å². The van der Waals surface area contributed by atoms with Crippen molar-refractivity contribution in [1.82, 2.24) is 9.97 Å². The van der Waals surface area contributed by atoms with Gasteiger partial charge in [-0.05, 0) is 22.9 Å². The maximum atomic E-state index is 10.6. The number of ether oxygens (including phenoxy) is 1. The molecule has 1 aromatic heterocycles. The highest BCUT2D eigenvalue weighted by Gasteiger charge is 2.06. The van der Waals surface area contributed by atoms with E-state index in [-0.39, 0.29) is 11.6 Å². The third-order valence-corrected chi connectivity index (χ3v) is 2.28. The zero-order chi connectivity index (χ0) is 12.3. The topological polar surface area (TPSA) is 90.5 Å². The number of nitrogens with zero attached hydrogens (tertiary/aromatic N) is 3. The Morgan fingerprint density at radius 1 is 1.24 bits per heavy atom. The van der Waals surface area contributed by atoms with Gasteiger partial charge in [-0.3, -0.25) is 0 Å². The fourth-order valence-corrected chi connectivity index (χ4v) is 1.43. The molecule has 86 valence electrons. The van der Waals surface area contributed by atoms with Crippen LogP contribution in [0, 0.1) is 4.91 Å². The zero-order valence-corrected chi connectivity index (χ0v) is 9.12. The summed E-state index contributed by atoms with van der Waals surface area (Å²) in [6, 6.07) is 5.07. The minimum Gasteiger partial charge on any atom is -0.494 e. The van der Waals surface area contributed by atoms with Crippen molar-refractivity contribution in [2.75, 3.05) is 12.8 Å². The number of hydrogen-bond donors (Lipinski definition) is 1. The smallest absolute Gasteiger partial charge is 0.219 e. The van der Waals surface area contributed by atoms with Crippen LogP contribution in [0.25, 0.3) is 11.1 Å². The van der Waals surface area contributed by atoms with E-state index >= 15 is 0 Å². The number of nitrogens with two attached hydrogens (primary N) is 1. The van der Waals surface area contributed by atoms with E-state index in [9.17, 15) is 4.91 Å². The van der Waals surface area contributed by atoms with Gasteiger partial charge in [0.15, 0.2) is 0 Å². The van der Waals surface area contributed by atoms with Crippen molar-refractivity contribution in [3.05, 3.63) is 35.5 Å². The SMILES string of the molecule is COc1ccc(-c2cnc(N)nc2)cc1N=O. The quantitative estimate of drug-likeness (QED) is 0.815. The van der Waals surface area contributed by atoms with Crippen molar-refractivity contribution in [1.29, 1.82) is 0 Å². The number of methoxy groups -OCH3 is 1. The third kappa shape index (κ3) is 2.20. The fraction of sp³-hybridized carbons (Fsp3) is 0.0909. The van der Waals surface area contributed by atoms with Crippen LogP contribution in [0.2, 0.25) is 0 Å². The first-order valence-electron chi connectivity index (χ1n) is 4.84. The molecule has 0 unspecified atom stereocenters. The number of aromatic nitrogens is 2. The summed E-state index contributed by atoms with van der Waals surface area (Å²) >= 11 is 0. The highest BCUT2D eigenvalue weighted by molar-refractivity contribution is 5.69. The Morgan fingerprint density at radius 2 is 1.94 bits per heavy atom. The van der Waals surface area contributed by atoms with Crippen LogP contribution in [0.3, 0.4) is 0 Å². The highest BCUT2D eigenvalue weighted by Crippen LogP contribution is 2.32. The molecule has 2 aromatic rings. The van der Waals surface area contributed by atoms with Gasteiger partial charge in [-0.25, -0.2) is 9.97 Å². The predicted octanol–water partition coefficient (Wildman–Crippen LogP) is 2.13. The lowest BCUT2D eigenvalue weighted by Crippen LogP contribution is -1.93. The van der Waals surface area contributed by atoms with E-state index in [0.717, 1.165) is 11.1 Å². The van der Waals surface area contributed by atoms with Crippen molar-refractivity contribution in [2.24, 2.45) is 5.18 Å². The monoisotopic (exact) mass is 230 g/mol. The van der Waals surface area contributed by atoms with E-state index in [4.69, 9.17) is 10.5 Å². The van der Waals surface area contributed by atoms with E-state index in [2.05, 4.69) is 15.1 Å². The highest BCUT2D eigenvalue weighted by atomic mass is 16.5. The largest absolute Gasteiger partial charge is 0.494 e. The van der Waals surface area contributed by atoms with E-state index in [0.29, 0.717) is 5.75 Å². The molecule has 1 aromatic carbocycles. The summed E-state index contributed by atoms with van der Waals surface area (Å²) in [5.74, 6) is 0.635. The number of hydrogen-bond acceptors (Lipinski definition) is 6. The van der Waals surface area contributed by atoms with Gasteiger partial charge in [-0.2, -0.15) is 0 Å². The van der Waals surface area contributed by atoms with Crippen molar-refractivity contribution in [2.45, 2.75) is 0 Å². The van der Waals surface area contributed by atoms with Gasteiger partial charge in [-0.15, -0.1) is 4.91 Å². The van der Waals surface area contributed by atoms with Crippen LogP contribution < -0.4 is 10.5 Å². The number of nitroso groups, excluding NO2 is 1. The number of nitrogen functional groups attached to an aromatic ring is 1. The van der Waals surface area contributed by atoms with Crippen LogP contribution in [0.4, 0.5) is 11.6 Å². The summed E-state index contributed by atoms with van der Waals surface area (Å²) in [5, 5.41) is 2.90. The normalized spacial score (nSPS) is 9.94. The van der Waals surface area contributed by atoms with Gasteiger partial charge in [0.05, 0.1) is 7.11 Å². The molecule has 6 nitrogen and oxygen atoms in total. The molecule has 0 aliphatic rings. The molecular formula is C11H10N4O2. The lowest BCUT2D eigenvalue weighted by atomic mass is 10.1. The minimum atomic E-state index is 0.205. The van der Waals surface area contributed by atoms with Gasteiger partial charge in [0.25, 0.3) is 0 Å². The molecule has 2 N–H and O–H groups in total. The molecule has 1 heterocycles. The molecule has 0 saturated carbocycles. The Hall–Kier alpha value is -2.50. The van der Waals surface area contributed by atoms with Crippen LogP contribution in [0.15, 0.2) is 35.8 Å². The van der Waals surface area contributed by atoms with Crippen LogP contribution in [-0.2, 0) is 0 Å². The van der Waals surface area contributed by atoms with Gasteiger partial charge < -0.3 is 10.5 Å². The second-order valence-electron chi connectivity index (χ2n) is 3.31. The molecule has 6 heteroatoms. The van der Waals surface area contributed by atoms with Gasteiger partial charge in [0.2, 0.25) is 5.95 Å². The Bertz CT molecular complexity index is 540. The van der Waals surface area contributed by atoms with Gasteiger partial charge >= 0.3 is 0 Å². The summed E-state index contributed by atoms with van der Waals surface area (Å²) in [6.45, 7) is 0. The molecule has 17 heavy (non-hydrogen) atoms. The first kappa shape index (κ1) is 11.0. The van der Waals surface area contributed by atoms with E-state index in [1.807, 2.05) is 0 Å². The molecule has 0 saturated heterocycles. The molecular weight excluding hydrogens is 220 g/mol. The Labute approximate surface area is 97.4 Å². The van der Waals surface area contributed by atoms with Crippen molar-refractivity contribution in [3.8, 4) is 16.9 Å². The molecule has 2 rings (SSSR count). The van der Waals surface area contributed by atoms with Crippen molar-refractivity contribution >= 4 is 11.6 Å². The zero-order valence-electron chi connectivity index (χ0n) is 9.12. The Kier molecular flexibility index (Phi) is 2.95. The van der Waals surface area contributed by atoms with Crippen LogP contribution in [-0.4, -0.2) is 17.1 Å². The first-order chi connectivity index (χ1) is 8.24. The second kappa shape index (κ2) is 4.56. The summed E-state index contributed by atoms with van der Waals surface area (Å²) < 4.78 is 5.00. The summed E-state index contributed by atoms with van der Waals surface area (Å²) in [7, 11) is 1.48. The van der Waals surface area contributed by atoms with Gasteiger partial charge in [0, 0.05) is 18.0 Å². The van der Waals surface area contributed by atoms with Crippen LogP contribution in [0.5, 0.6) is 5.75 Å². The number of benzene rings is 1. The van der Waals surface area contributed by atoms with Crippen molar-refractivity contribution in [3.63, 3.8) is 0 Å². The first-order valence-corrected chi connectivity index (χ1v) is 4.84. The standard InChI is InChI=1S/C11H10N4O2/c1-17-10-3-2-7(4-9(10)15-16)8-5-13-11(12)14-6-8/h2-6H,1H3,(H2,12,13,14). The second-order valence-corrected chi connectivity index (χ2v) is 3.31. The average Bonchev–Trinajstić information content (AvgIpc) is 2.39. The molecule has 0 bridgehead atoms. The maximum Gasteiger partial charge on any atom is 0.219 e. The van der Waals surface area contributed by atoms with E-state index in [1.165, 1.54) is 7.11 Å². The van der Waals surface area contributed by atoms with Crippen LogP contribution >= 0.6 is 0 Å². The molecule has 0 atom stereocenters. The summed E-state index contributed by atoms with van der Waals surface area (Å²) in [5.41, 5.74) is 7.17. The Balaban J connectivity index is 2.46. The average molecular weight is 230 g/mol. The molecule has 0 aliphatic carbocycles. The Morgan fingerprint density at radius 3 is 2.53 bits per heavy atom. The van der Waals surface area contributed by atoms with E-state index in [1.54, 1.807) is 30.6 Å². The van der Waals surface area contributed by atoms with Gasteiger partial charge in [-0.1, -0.05) is 6.07 Å². The molecule has 0 radical (unpaired) electrons.